The molecule has 2 atom stereocenters. The molecule has 2 N–H and O–H groups in total. The zero-order valence-corrected chi connectivity index (χ0v) is 11.5. The van der Waals surface area contributed by atoms with E-state index in [9.17, 15) is 9.59 Å². The molecule has 2 unspecified atom stereocenters. The van der Waals surface area contributed by atoms with Crippen LogP contribution in [0.1, 0.15) is 13.3 Å². The van der Waals surface area contributed by atoms with Gasteiger partial charge in [-0.1, -0.05) is 18.2 Å². The SMILES string of the molecule is CC1CC(NC(=O)C2CNC2)C(=O)N1c1ccccc1. The highest BCUT2D eigenvalue weighted by atomic mass is 16.2. The molecule has 2 aliphatic rings. The van der Waals surface area contributed by atoms with Crippen molar-refractivity contribution in [2.45, 2.75) is 25.4 Å². The zero-order valence-electron chi connectivity index (χ0n) is 11.5. The van der Waals surface area contributed by atoms with E-state index in [2.05, 4.69) is 10.6 Å². The average Bonchev–Trinajstić information content (AvgIpc) is 2.63. The van der Waals surface area contributed by atoms with Gasteiger partial charge in [-0.2, -0.15) is 0 Å². The lowest BCUT2D eigenvalue weighted by Gasteiger charge is -2.27. The van der Waals surface area contributed by atoms with Crippen LogP contribution in [0.3, 0.4) is 0 Å². The van der Waals surface area contributed by atoms with E-state index in [1.807, 2.05) is 37.3 Å². The van der Waals surface area contributed by atoms with E-state index in [-0.39, 0.29) is 23.8 Å². The van der Waals surface area contributed by atoms with Crippen molar-refractivity contribution >= 4 is 17.5 Å². The van der Waals surface area contributed by atoms with Gasteiger partial charge in [0.25, 0.3) is 0 Å². The number of anilines is 1. The summed E-state index contributed by atoms with van der Waals surface area (Å²) in [4.78, 5) is 26.2. The highest BCUT2D eigenvalue weighted by Crippen LogP contribution is 2.26. The number of nitrogens with zero attached hydrogens (tertiary/aromatic N) is 1. The van der Waals surface area contributed by atoms with Crippen LogP contribution in [0.15, 0.2) is 30.3 Å². The number of benzene rings is 1. The van der Waals surface area contributed by atoms with Crippen LogP contribution in [0.25, 0.3) is 0 Å². The van der Waals surface area contributed by atoms with Crippen LogP contribution in [0.4, 0.5) is 5.69 Å². The summed E-state index contributed by atoms with van der Waals surface area (Å²) in [7, 11) is 0. The maximum atomic E-state index is 12.5. The number of amides is 2. The number of carbonyl (C=O) groups excluding carboxylic acids is 2. The first-order valence-corrected chi connectivity index (χ1v) is 7.06. The molecule has 0 saturated carbocycles. The molecule has 0 aromatic heterocycles. The van der Waals surface area contributed by atoms with Gasteiger partial charge in [0.15, 0.2) is 0 Å². The number of hydrogen-bond donors (Lipinski definition) is 2. The summed E-state index contributed by atoms with van der Waals surface area (Å²) in [5.74, 6) is -0.00238. The predicted molar refractivity (Wildman–Crippen MR) is 76.3 cm³/mol. The minimum absolute atomic E-state index is 0.00988. The molecule has 2 heterocycles. The summed E-state index contributed by atoms with van der Waals surface area (Å²) in [6.07, 6.45) is 0.666. The maximum absolute atomic E-state index is 12.5. The second-order valence-corrected chi connectivity index (χ2v) is 5.54. The Labute approximate surface area is 118 Å². The Bertz CT molecular complexity index is 513. The van der Waals surface area contributed by atoms with Crippen LogP contribution in [0.2, 0.25) is 0 Å². The maximum Gasteiger partial charge on any atom is 0.249 e. The monoisotopic (exact) mass is 273 g/mol. The quantitative estimate of drug-likeness (QED) is 0.844. The van der Waals surface area contributed by atoms with Crippen LogP contribution in [-0.2, 0) is 9.59 Å². The molecule has 1 aromatic carbocycles. The highest BCUT2D eigenvalue weighted by molar-refractivity contribution is 6.02. The third-order valence-corrected chi connectivity index (χ3v) is 4.06. The van der Waals surface area contributed by atoms with E-state index in [4.69, 9.17) is 0 Å². The molecule has 2 aliphatic heterocycles. The Morgan fingerprint density at radius 1 is 1.30 bits per heavy atom. The molecule has 3 rings (SSSR count). The number of para-hydroxylation sites is 1. The molecule has 0 spiro atoms. The fraction of sp³-hybridized carbons (Fsp3) is 0.467. The normalized spacial score (nSPS) is 26.4. The van der Waals surface area contributed by atoms with Crippen LogP contribution < -0.4 is 15.5 Å². The average molecular weight is 273 g/mol. The Balaban J connectivity index is 1.70. The van der Waals surface area contributed by atoms with Gasteiger partial charge in [-0.05, 0) is 25.5 Å². The smallest absolute Gasteiger partial charge is 0.249 e. The lowest BCUT2D eigenvalue weighted by Crippen LogP contribution is -2.54. The fourth-order valence-corrected chi connectivity index (χ4v) is 2.79. The molecule has 106 valence electrons. The third-order valence-electron chi connectivity index (χ3n) is 4.06. The Morgan fingerprint density at radius 3 is 2.60 bits per heavy atom. The van der Waals surface area contributed by atoms with Crippen molar-refractivity contribution in [2.75, 3.05) is 18.0 Å². The first-order valence-electron chi connectivity index (χ1n) is 7.06. The molecule has 0 bridgehead atoms. The molecule has 1 aromatic rings. The summed E-state index contributed by atoms with van der Waals surface area (Å²) in [6.45, 7) is 3.44. The molecule has 0 aliphatic carbocycles. The van der Waals surface area contributed by atoms with Gasteiger partial charge in [0.1, 0.15) is 6.04 Å². The van der Waals surface area contributed by atoms with E-state index in [1.54, 1.807) is 4.90 Å². The van der Waals surface area contributed by atoms with Crippen LogP contribution >= 0.6 is 0 Å². The lowest BCUT2D eigenvalue weighted by atomic mass is 10.0. The van der Waals surface area contributed by atoms with E-state index in [1.165, 1.54) is 0 Å². The zero-order chi connectivity index (χ0) is 14.1. The summed E-state index contributed by atoms with van der Waals surface area (Å²) >= 11 is 0. The number of carbonyl (C=O) groups is 2. The van der Waals surface area contributed by atoms with Gasteiger partial charge < -0.3 is 15.5 Å². The molecule has 20 heavy (non-hydrogen) atoms. The largest absolute Gasteiger partial charge is 0.344 e. The lowest BCUT2D eigenvalue weighted by molar-refractivity contribution is -0.130. The van der Waals surface area contributed by atoms with E-state index in [0.717, 1.165) is 5.69 Å². The fourth-order valence-electron chi connectivity index (χ4n) is 2.79. The van der Waals surface area contributed by atoms with Crippen molar-refractivity contribution in [3.63, 3.8) is 0 Å². The second-order valence-electron chi connectivity index (χ2n) is 5.54. The van der Waals surface area contributed by atoms with E-state index < -0.39 is 6.04 Å². The number of hydrogen-bond acceptors (Lipinski definition) is 3. The standard InChI is InChI=1S/C15H19N3O2/c1-10-7-13(17-14(19)11-8-16-9-11)15(20)18(10)12-5-3-2-4-6-12/h2-6,10-11,13,16H,7-9H2,1H3,(H,17,19). The number of rotatable bonds is 3. The van der Waals surface area contributed by atoms with Gasteiger partial charge in [0.05, 0.1) is 5.92 Å². The van der Waals surface area contributed by atoms with Crippen molar-refractivity contribution in [3.8, 4) is 0 Å². The van der Waals surface area contributed by atoms with Gasteiger partial charge in [0, 0.05) is 24.8 Å². The van der Waals surface area contributed by atoms with Gasteiger partial charge in [-0.25, -0.2) is 0 Å². The second kappa shape index (κ2) is 5.25. The van der Waals surface area contributed by atoms with Gasteiger partial charge in [0.2, 0.25) is 11.8 Å². The predicted octanol–water partition coefficient (Wildman–Crippen LogP) is 0.516. The molecular formula is C15H19N3O2. The molecular weight excluding hydrogens is 254 g/mol. The topological polar surface area (TPSA) is 61.4 Å². The van der Waals surface area contributed by atoms with Gasteiger partial charge >= 0.3 is 0 Å². The summed E-state index contributed by atoms with van der Waals surface area (Å²) in [5, 5.41) is 5.96. The van der Waals surface area contributed by atoms with E-state index >= 15 is 0 Å². The van der Waals surface area contributed by atoms with Crippen LogP contribution in [0, 0.1) is 5.92 Å². The minimum atomic E-state index is -0.390. The van der Waals surface area contributed by atoms with Crippen molar-refractivity contribution in [2.24, 2.45) is 5.92 Å². The van der Waals surface area contributed by atoms with Gasteiger partial charge in [-0.3, -0.25) is 9.59 Å². The first-order chi connectivity index (χ1) is 9.66. The first kappa shape index (κ1) is 13.1. The Hall–Kier alpha value is -1.88. The molecule has 0 radical (unpaired) electrons. The molecule has 2 fully saturated rings. The minimum Gasteiger partial charge on any atom is -0.344 e. The summed E-state index contributed by atoms with van der Waals surface area (Å²) in [6, 6.07) is 9.33. The van der Waals surface area contributed by atoms with E-state index in [0.29, 0.717) is 19.5 Å². The molecule has 2 saturated heterocycles. The number of nitrogens with one attached hydrogen (secondary N) is 2. The third kappa shape index (κ3) is 2.29. The van der Waals surface area contributed by atoms with Crippen molar-refractivity contribution < 1.29 is 9.59 Å². The van der Waals surface area contributed by atoms with Crippen molar-refractivity contribution in [3.05, 3.63) is 30.3 Å². The van der Waals surface area contributed by atoms with Gasteiger partial charge in [-0.15, -0.1) is 0 Å². The highest BCUT2D eigenvalue weighted by Gasteiger charge is 2.40. The molecule has 2 amide bonds. The summed E-state index contributed by atoms with van der Waals surface area (Å²) < 4.78 is 0. The van der Waals surface area contributed by atoms with Crippen molar-refractivity contribution in [1.29, 1.82) is 0 Å². The summed E-state index contributed by atoms with van der Waals surface area (Å²) in [5.41, 5.74) is 0.895. The van der Waals surface area contributed by atoms with Crippen LogP contribution in [0.5, 0.6) is 0 Å². The molecule has 5 heteroatoms. The Kier molecular flexibility index (Phi) is 3.44. The van der Waals surface area contributed by atoms with Crippen LogP contribution in [-0.4, -0.2) is 37.0 Å². The van der Waals surface area contributed by atoms with Crippen molar-refractivity contribution in [1.82, 2.24) is 10.6 Å². The Morgan fingerprint density at radius 2 is 2.00 bits per heavy atom. The molecule has 5 nitrogen and oxygen atoms in total.